The van der Waals surface area contributed by atoms with E-state index in [9.17, 15) is 14.9 Å². The third-order valence-electron chi connectivity index (χ3n) is 5.43. The van der Waals surface area contributed by atoms with Gasteiger partial charge < -0.3 is 20.4 Å². The van der Waals surface area contributed by atoms with Gasteiger partial charge in [-0.3, -0.25) is 9.59 Å². The molecule has 0 bridgehead atoms. The largest absolute Gasteiger partial charge is 0.468 e. The zero-order valence-electron chi connectivity index (χ0n) is 19.3. The maximum absolute atomic E-state index is 13.3. The van der Waals surface area contributed by atoms with E-state index in [1.54, 1.807) is 31.2 Å². The highest BCUT2D eigenvalue weighted by molar-refractivity contribution is 8.03. The minimum atomic E-state index is -0.706. The van der Waals surface area contributed by atoms with E-state index in [2.05, 4.69) is 22.0 Å². The number of amides is 2. The van der Waals surface area contributed by atoms with Crippen molar-refractivity contribution in [2.45, 2.75) is 19.8 Å². The molecular weight excluding hydrogens is 460 g/mol. The average molecular weight is 485 g/mol. The average Bonchev–Trinajstić information content (AvgIpc) is 3.39. The van der Waals surface area contributed by atoms with Crippen LogP contribution in [-0.2, 0) is 9.59 Å². The number of anilines is 2. The van der Waals surface area contributed by atoms with E-state index in [1.165, 1.54) is 18.0 Å². The fourth-order valence-electron chi connectivity index (χ4n) is 3.76. The van der Waals surface area contributed by atoms with Gasteiger partial charge in [0.1, 0.15) is 5.76 Å². The molecule has 2 aromatic carbocycles. The lowest BCUT2D eigenvalue weighted by Gasteiger charge is -2.28. The van der Waals surface area contributed by atoms with Crippen LogP contribution in [0.1, 0.15) is 24.2 Å². The number of rotatable bonds is 7. The molecule has 1 atom stereocenters. The van der Waals surface area contributed by atoms with Crippen LogP contribution in [0.4, 0.5) is 11.4 Å². The molecule has 176 valence electrons. The number of carbonyl (C=O) groups is 2. The van der Waals surface area contributed by atoms with Crippen LogP contribution in [-0.4, -0.2) is 17.6 Å². The van der Waals surface area contributed by atoms with E-state index in [4.69, 9.17) is 4.42 Å². The molecule has 0 spiro atoms. The fourth-order valence-corrected chi connectivity index (χ4v) is 4.65. The van der Waals surface area contributed by atoms with Crippen molar-refractivity contribution in [3.05, 3.63) is 106 Å². The predicted molar refractivity (Wildman–Crippen MR) is 137 cm³/mol. The summed E-state index contributed by atoms with van der Waals surface area (Å²) in [5.41, 5.74) is 3.74. The van der Waals surface area contributed by atoms with Crippen molar-refractivity contribution in [1.29, 1.82) is 5.26 Å². The Kier molecular flexibility index (Phi) is 7.38. The van der Waals surface area contributed by atoms with Crippen molar-refractivity contribution in [3.63, 3.8) is 0 Å². The maximum Gasteiger partial charge on any atom is 0.254 e. The van der Waals surface area contributed by atoms with Crippen LogP contribution < -0.4 is 16.0 Å². The number of hydrogen-bond acceptors (Lipinski definition) is 6. The van der Waals surface area contributed by atoms with Crippen LogP contribution in [0.2, 0.25) is 0 Å². The lowest BCUT2D eigenvalue weighted by atomic mass is 9.85. The van der Waals surface area contributed by atoms with Crippen molar-refractivity contribution in [3.8, 4) is 6.07 Å². The van der Waals surface area contributed by atoms with Gasteiger partial charge in [0.05, 0.1) is 40.2 Å². The Balaban J connectivity index is 1.57. The molecular formula is C27H24N4O3S. The molecule has 4 rings (SSSR count). The number of nitrogens with one attached hydrogen (secondary N) is 3. The molecule has 2 amide bonds. The van der Waals surface area contributed by atoms with E-state index in [0.717, 1.165) is 5.56 Å². The van der Waals surface area contributed by atoms with Crippen LogP contribution in [0.5, 0.6) is 0 Å². The summed E-state index contributed by atoms with van der Waals surface area (Å²) >= 11 is 1.21. The standard InChI is InChI=1S/C27H24N4O3S/c1-17-10-12-20(13-11-17)30-23(32)16-35-27-21(15-28)25(22-9-6-14-34-22)24(18(2)29-27)26(33)31-19-7-4-3-5-8-19/h3-14,25,29H,16H2,1-2H3,(H,30,32)(H,31,33)/t25-/m1/s1. The number of aryl methyl sites for hydroxylation is 1. The molecule has 1 aliphatic rings. The molecule has 0 saturated carbocycles. The Morgan fingerprint density at radius 1 is 1.00 bits per heavy atom. The number of dihydropyridines is 1. The first kappa shape index (κ1) is 23.9. The SMILES string of the molecule is CC1=C(C(=O)Nc2ccccc2)[C@@H](c2ccco2)C(C#N)=C(SCC(=O)Nc2ccc(C)cc2)N1. The van der Waals surface area contributed by atoms with Crippen molar-refractivity contribution in [1.82, 2.24) is 5.32 Å². The van der Waals surface area contributed by atoms with E-state index in [-0.39, 0.29) is 17.6 Å². The molecule has 1 aliphatic heterocycles. The van der Waals surface area contributed by atoms with Gasteiger partial charge in [0, 0.05) is 17.1 Å². The van der Waals surface area contributed by atoms with E-state index < -0.39 is 5.92 Å². The van der Waals surface area contributed by atoms with Crippen molar-refractivity contribution in [2.24, 2.45) is 0 Å². The maximum atomic E-state index is 13.3. The van der Waals surface area contributed by atoms with E-state index in [1.807, 2.05) is 49.4 Å². The Morgan fingerprint density at radius 2 is 1.71 bits per heavy atom. The predicted octanol–water partition coefficient (Wildman–Crippen LogP) is 5.29. The molecule has 0 unspecified atom stereocenters. The number of nitrogens with zero attached hydrogens (tertiary/aromatic N) is 1. The highest BCUT2D eigenvalue weighted by Crippen LogP contribution is 2.41. The summed E-state index contributed by atoms with van der Waals surface area (Å²) in [5.74, 6) is -0.679. The minimum Gasteiger partial charge on any atom is -0.468 e. The summed E-state index contributed by atoms with van der Waals surface area (Å²) < 4.78 is 5.63. The summed E-state index contributed by atoms with van der Waals surface area (Å²) in [6.07, 6.45) is 1.51. The molecule has 1 aromatic heterocycles. The van der Waals surface area contributed by atoms with Gasteiger partial charge >= 0.3 is 0 Å². The van der Waals surface area contributed by atoms with Crippen LogP contribution >= 0.6 is 11.8 Å². The van der Waals surface area contributed by atoms with Crippen LogP contribution in [0.3, 0.4) is 0 Å². The molecule has 3 N–H and O–H groups in total. The lowest BCUT2D eigenvalue weighted by molar-refractivity contribution is -0.114. The summed E-state index contributed by atoms with van der Waals surface area (Å²) in [4.78, 5) is 25.8. The third-order valence-corrected chi connectivity index (χ3v) is 6.45. The molecule has 8 heteroatoms. The van der Waals surface area contributed by atoms with Gasteiger partial charge in [-0.05, 0) is 50.2 Å². The second-order valence-electron chi connectivity index (χ2n) is 7.99. The summed E-state index contributed by atoms with van der Waals surface area (Å²) in [6.45, 7) is 3.75. The van der Waals surface area contributed by atoms with Crippen LogP contribution in [0, 0.1) is 18.3 Å². The number of allylic oxidation sites excluding steroid dienone is 2. The molecule has 2 heterocycles. The second kappa shape index (κ2) is 10.8. The number of para-hydroxylation sites is 1. The number of thioether (sulfide) groups is 1. The van der Waals surface area contributed by atoms with E-state index in [0.29, 0.717) is 39.0 Å². The molecule has 0 radical (unpaired) electrons. The third kappa shape index (κ3) is 5.65. The smallest absolute Gasteiger partial charge is 0.254 e. The van der Waals surface area contributed by atoms with Gasteiger partial charge in [0.15, 0.2) is 0 Å². The summed E-state index contributed by atoms with van der Waals surface area (Å²) in [5, 5.41) is 19.5. The Labute approximate surface area is 207 Å². The Bertz CT molecular complexity index is 1320. The quantitative estimate of drug-likeness (QED) is 0.420. The molecule has 35 heavy (non-hydrogen) atoms. The van der Waals surface area contributed by atoms with Gasteiger partial charge in [0.25, 0.3) is 5.91 Å². The normalized spacial score (nSPS) is 15.3. The topological polar surface area (TPSA) is 107 Å². The first-order valence-corrected chi connectivity index (χ1v) is 12.0. The first-order valence-electron chi connectivity index (χ1n) is 11.0. The Hall–Kier alpha value is -4.22. The minimum absolute atomic E-state index is 0.0884. The highest BCUT2D eigenvalue weighted by Gasteiger charge is 2.36. The summed E-state index contributed by atoms with van der Waals surface area (Å²) in [6, 6.07) is 22.3. The number of benzene rings is 2. The molecule has 7 nitrogen and oxygen atoms in total. The Morgan fingerprint density at radius 3 is 2.37 bits per heavy atom. The number of furan rings is 1. The number of carbonyl (C=O) groups excluding carboxylic acids is 2. The van der Waals surface area contributed by atoms with Gasteiger partial charge in [-0.1, -0.05) is 47.7 Å². The van der Waals surface area contributed by atoms with Gasteiger partial charge in [-0.15, -0.1) is 0 Å². The zero-order chi connectivity index (χ0) is 24.8. The van der Waals surface area contributed by atoms with Gasteiger partial charge in [-0.25, -0.2) is 0 Å². The zero-order valence-corrected chi connectivity index (χ0v) is 20.1. The molecule has 0 saturated heterocycles. The summed E-state index contributed by atoms with van der Waals surface area (Å²) in [7, 11) is 0. The fraction of sp³-hybridized carbons (Fsp3) is 0.148. The molecule has 3 aromatic rings. The molecule has 0 aliphatic carbocycles. The second-order valence-corrected chi connectivity index (χ2v) is 8.98. The van der Waals surface area contributed by atoms with Crippen LogP contribution in [0.15, 0.2) is 99.3 Å². The highest BCUT2D eigenvalue weighted by atomic mass is 32.2. The van der Waals surface area contributed by atoms with Crippen LogP contribution in [0.25, 0.3) is 0 Å². The number of hydrogen-bond donors (Lipinski definition) is 3. The van der Waals surface area contributed by atoms with Gasteiger partial charge in [-0.2, -0.15) is 5.26 Å². The lowest BCUT2D eigenvalue weighted by Crippen LogP contribution is -2.31. The van der Waals surface area contributed by atoms with Crippen molar-refractivity contribution in [2.75, 3.05) is 16.4 Å². The van der Waals surface area contributed by atoms with Gasteiger partial charge in [0.2, 0.25) is 5.91 Å². The first-order chi connectivity index (χ1) is 17.0. The van der Waals surface area contributed by atoms with Crippen molar-refractivity contribution < 1.29 is 14.0 Å². The monoisotopic (exact) mass is 484 g/mol. The van der Waals surface area contributed by atoms with E-state index >= 15 is 0 Å². The number of nitriles is 1. The molecule has 0 fully saturated rings. The van der Waals surface area contributed by atoms with Crippen molar-refractivity contribution >= 4 is 35.0 Å².